The number of fused-ring (bicyclic) bond motifs is 1. The Kier molecular flexibility index (Phi) is 6.99. The highest BCUT2D eigenvalue weighted by atomic mass is 16.6. The highest BCUT2D eigenvalue weighted by Crippen LogP contribution is 2.31. The number of alkyl carbamates (subject to hydrolysis) is 1. The molecule has 0 saturated carbocycles. The maximum atomic E-state index is 13.5. The summed E-state index contributed by atoms with van der Waals surface area (Å²) in [7, 11) is 0. The number of carbonyl (C=O) groups excluding carboxylic acids is 2. The molecule has 0 aromatic heterocycles. The molecule has 0 bridgehead atoms. The molecular formula is C25H39N3O3. The van der Waals surface area contributed by atoms with Crippen molar-refractivity contribution < 1.29 is 14.3 Å². The average molecular weight is 430 g/mol. The first-order valence-electron chi connectivity index (χ1n) is 11.6. The Bertz CT molecular complexity index is 766. The molecule has 0 spiro atoms. The first-order valence-corrected chi connectivity index (χ1v) is 11.6. The quantitative estimate of drug-likeness (QED) is 0.751. The number of ether oxygens (including phenoxy) is 1. The van der Waals surface area contributed by atoms with Gasteiger partial charge in [-0.1, -0.05) is 38.1 Å². The Labute approximate surface area is 187 Å². The Morgan fingerprint density at radius 1 is 1.13 bits per heavy atom. The van der Waals surface area contributed by atoms with Gasteiger partial charge in [0, 0.05) is 38.5 Å². The Morgan fingerprint density at radius 2 is 1.68 bits per heavy atom. The van der Waals surface area contributed by atoms with E-state index in [1.807, 2.05) is 52.0 Å². The van der Waals surface area contributed by atoms with Crippen molar-refractivity contribution >= 4 is 12.0 Å². The molecule has 1 heterocycles. The molecule has 2 N–H and O–H groups in total. The van der Waals surface area contributed by atoms with Gasteiger partial charge in [-0.15, -0.1) is 0 Å². The summed E-state index contributed by atoms with van der Waals surface area (Å²) in [6, 6.07) is 8.00. The lowest BCUT2D eigenvalue weighted by atomic mass is 9.91. The summed E-state index contributed by atoms with van der Waals surface area (Å²) in [6.45, 7) is 15.1. The van der Waals surface area contributed by atoms with E-state index in [1.54, 1.807) is 0 Å². The third-order valence-corrected chi connectivity index (χ3v) is 6.13. The van der Waals surface area contributed by atoms with Crippen LogP contribution in [0.1, 0.15) is 59.1 Å². The Balaban J connectivity index is 1.70. The smallest absolute Gasteiger partial charge is 0.408 e. The van der Waals surface area contributed by atoms with E-state index in [-0.39, 0.29) is 11.9 Å². The van der Waals surface area contributed by atoms with Crippen LogP contribution in [0, 0.1) is 11.8 Å². The van der Waals surface area contributed by atoms with Crippen LogP contribution in [0.3, 0.4) is 0 Å². The van der Waals surface area contributed by atoms with E-state index in [4.69, 9.17) is 4.74 Å². The minimum atomic E-state index is -1.03. The maximum Gasteiger partial charge on any atom is 0.408 e. The van der Waals surface area contributed by atoms with Crippen LogP contribution in [0.5, 0.6) is 0 Å². The molecule has 6 nitrogen and oxygen atoms in total. The largest absolute Gasteiger partial charge is 0.444 e. The zero-order valence-electron chi connectivity index (χ0n) is 20.0. The van der Waals surface area contributed by atoms with Crippen molar-refractivity contribution in [3.63, 3.8) is 0 Å². The molecule has 1 aromatic rings. The lowest BCUT2D eigenvalue weighted by molar-refractivity contribution is -0.128. The van der Waals surface area contributed by atoms with Gasteiger partial charge >= 0.3 is 6.09 Å². The molecule has 0 unspecified atom stereocenters. The minimum Gasteiger partial charge on any atom is -0.444 e. The summed E-state index contributed by atoms with van der Waals surface area (Å²) < 4.78 is 5.49. The van der Waals surface area contributed by atoms with Crippen molar-refractivity contribution in [3.05, 3.63) is 35.4 Å². The standard InChI is InChI=1S/C25H39N3O3/c1-17-11-18(2)15-28(14-17)16-19(3)26-22(29)25(27-23(30)31-24(4,5)6)12-20-9-7-8-10-21(20)13-25/h7-10,17-19H,11-16H2,1-6H3,(H,26,29)(H,27,30)/t17-,18+,19-/m0/s1. The number of hydrogen-bond acceptors (Lipinski definition) is 4. The number of nitrogens with zero attached hydrogens (tertiary/aromatic N) is 1. The molecule has 1 fully saturated rings. The van der Waals surface area contributed by atoms with Gasteiger partial charge in [0.25, 0.3) is 0 Å². The number of nitrogens with one attached hydrogen (secondary N) is 2. The van der Waals surface area contributed by atoms with E-state index in [9.17, 15) is 9.59 Å². The Morgan fingerprint density at radius 3 is 2.19 bits per heavy atom. The second-order valence-electron chi connectivity index (χ2n) is 10.9. The van der Waals surface area contributed by atoms with Crippen molar-refractivity contribution in [1.82, 2.24) is 15.5 Å². The normalized spacial score (nSPS) is 24.2. The molecule has 1 aromatic carbocycles. The van der Waals surface area contributed by atoms with Gasteiger partial charge in [0.2, 0.25) is 5.91 Å². The molecule has 3 atom stereocenters. The summed E-state index contributed by atoms with van der Waals surface area (Å²) in [5, 5.41) is 6.12. The summed E-state index contributed by atoms with van der Waals surface area (Å²) in [4.78, 5) is 28.6. The van der Waals surface area contributed by atoms with E-state index in [0.717, 1.165) is 30.8 Å². The summed E-state index contributed by atoms with van der Waals surface area (Å²) in [6.07, 6.45) is 1.65. The predicted octanol–water partition coefficient (Wildman–Crippen LogP) is 3.53. The van der Waals surface area contributed by atoms with Crippen molar-refractivity contribution in [2.45, 2.75) is 78.0 Å². The van der Waals surface area contributed by atoms with Gasteiger partial charge in [-0.25, -0.2) is 4.79 Å². The molecule has 2 amide bonds. The molecule has 31 heavy (non-hydrogen) atoms. The van der Waals surface area contributed by atoms with E-state index < -0.39 is 17.2 Å². The van der Waals surface area contributed by atoms with Gasteiger partial charge < -0.3 is 20.3 Å². The second-order valence-corrected chi connectivity index (χ2v) is 10.9. The second kappa shape index (κ2) is 9.19. The van der Waals surface area contributed by atoms with Gasteiger partial charge in [-0.05, 0) is 57.1 Å². The van der Waals surface area contributed by atoms with Crippen LogP contribution in [0.25, 0.3) is 0 Å². The van der Waals surface area contributed by atoms with Gasteiger partial charge in [-0.2, -0.15) is 0 Å². The van der Waals surface area contributed by atoms with E-state index in [1.165, 1.54) is 6.42 Å². The number of piperidine rings is 1. The first-order chi connectivity index (χ1) is 14.5. The van der Waals surface area contributed by atoms with Gasteiger partial charge in [0.15, 0.2) is 0 Å². The fraction of sp³-hybridized carbons (Fsp3) is 0.680. The monoisotopic (exact) mass is 429 g/mol. The fourth-order valence-electron chi connectivity index (χ4n) is 5.16. The first kappa shape index (κ1) is 23.6. The van der Waals surface area contributed by atoms with Crippen molar-refractivity contribution in [2.24, 2.45) is 11.8 Å². The van der Waals surface area contributed by atoms with Crippen molar-refractivity contribution in [3.8, 4) is 0 Å². The number of hydrogen-bond donors (Lipinski definition) is 2. The summed E-state index contributed by atoms with van der Waals surface area (Å²) >= 11 is 0. The van der Waals surface area contributed by atoms with Crippen LogP contribution < -0.4 is 10.6 Å². The molecule has 2 aliphatic rings. The summed E-state index contributed by atoms with van der Waals surface area (Å²) in [5.74, 6) is 1.22. The van der Waals surface area contributed by atoms with Crippen LogP contribution in [0.15, 0.2) is 24.3 Å². The molecule has 3 rings (SSSR count). The third kappa shape index (κ3) is 6.22. The lowest BCUT2D eigenvalue weighted by Crippen LogP contribution is -2.62. The van der Waals surface area contributed by atoms with Crippen LogP contribution in [-0.2, 0) is 22.4 Å². The topological polar surface area (TPSA) is 70.7 Å². The zero-order chi connectivity index (χ0) is 22.8. The van der Waals surface area contributed by atoms with Crippen LogP contribution in [0.4, 0.5) is 4.79 Å². The van der Waals surface area contributed by atoms with E-state index >= 15 is 0 Å². The predicted molar refractivity (Wildman–Crippen MR) is 123 cm³/mol. The number of rotatable bonds is 5. The minimum absolute atomic E-state index is 0.00831. The number of carbonyl (C=O) groups is 2. The molecule has 1 aliphatic carbocycles. The fourth-order valence-corrected chi connectivity index (χ4v) is 5.16. The molecule has 6 heteroatoms. The summed E-state index contributed by atoms with van der Waals surface area (Å²) in [5.41, 5.74) is 0.547. The highest BCUT2D eigenvalue weighted by molar-refractivity contribution is 5.92. The molecule has 1 saturated heterocycles. The SMILES string of the molecule is C[C@@H]1C[C@H](C)CN(C[C@H](C)NC(=O)C2(NC(=O)OC(C)(C)C)Cc3ccccc3C2)C1. The van der Waals surface area contributed by atoms with Crippen molar-refractivity contribution in [2.75, 3.05) is 19.6 Å². The molecular weight excluding hydrogens is 390 g/mol. The van der Waals surface area contributed by atoms with E-state index in [0.29, 0.717) is 24.7 Å². The highest BCUT2D eigenvalue weighted by Gasteiger charge is 2.46. The molecule has 0 radical (unpaired) electrons. The lowest BCUT2D eigenvalue weighted by Gasteiger charge is -2.37. The third-order valence-electron chi connectivity index (χ3n) is 6.13. The number of likely N-dealkylation sites (tertiary alicyclic amines) is 1. The van der Waals surface area contributed by atoms with Gasteiger partial charge in [0.1, 0.15) is 11.1 Å². The number of benzene rings is 1. The van der Waals surface area contributed by atoms with Crippen LogP contribution in [0.2, 0.25) is 0 Å². The van der Waals surface area contributed by atoms with E-state index in [2.05, 4.69) is 29.4 Å². The maximum absolute atomic E-state index is 13.5. The Hall–Kier alpha value is -2.08. The number of amides is 2. The average Bonchev–Trinajstić information content (AvgIpc) is 2.98. The molecule has 172 valence electrons. The van der Waals surface area contributed by atoms with Gasteiger partial charge in [0.05, 0.1) is 0 Å². The van der Waals surface area contributed by atoms with Crippen LogP contribution >= 0.6 is 0 Å². The zero-order valence-corrected chi connectivity index (χ0v) is 20.0. The molecule has 1 aliphatic heterocycles. The van der Waals surface area contributed by atoms with Gasteiger partial charge in [-0.3, -0.25) is 4.79 Å². The van der Waals surface area contributed by atoms with Crippen LogP contribution in [-0.4, -0.2) is 53.7 Å². The van der Waals surface area contributed by atoms with Crippen molar-refractivity contribution in [1.29, 1.82) is 0 Å².